The van der Waals surface area contributed by atoms with E-state index in [-0.39, 0.29) is 24.7 Å². The maximum absolute atomic E-state index is 13.0. The summed E-state index contributed by atoms with van der Waals surface area (Å²) < 4.78 is 5.61. The summed E-state index contributed by atoms with van der Waals surface area (Å²) in [5.41, 5.74) is 2.30. The monoisotopic (exact) mass is 420 g/mol. The number of fused-ring (bicyclic) bond motifs is 1. The van der Waals surface area contributed by atoms with Gasteiger partial charge in [-0.25, -0.2) is 0 Å². The average molecular weight is 421 g/mol. The Kier molecular flexibility index (Phi) is 7.63. The molecule has 0 unspecified atom stereocenters. The summed E-state index contributed by atoms with van der Waals surface area (Å²) in [7, 11) is 3.92. The van der Waals surface area contributed by atoms with Crippen molar-refractivity contribution in [2.24, 2.45) is 0 Å². The molecule has 162 valence electrons. The first-order chi connectivity index (χ1) is 15.0. The molecule has 0 fully saturated rings. The molecule has 2 amide bonds. The van der Waals surface area contributed by atoms with Gasteiger partial charge in [0.05, 0.1) is 23.9 Å². The molecule has 0 saturated heterocycles. The molecule has 0 aliphatic carbocycles. The lowest BCUT2D eigenvalue weighted by Gasteiger charge is -2.30. The zero-order valence-electron chi connectivity index (χ0n) is 18.1. The topological polar surface area (TPSA) is 76.9 Å². The number of amides is 2. The molecule has 0 aromatic heterocycles. The van der Waals surface area contributed by atoms with E-state index in [1.54, 1.807) is 21.9 Å². The van der Waals surface area contributed by atoms with E-state index in [1.165, 1.54) is 0 Å². The average Bonchev–Trinajstić information content (AvgIpc) is 2.79. The van der Waals surface area contributed by atoms with E-state index in [2.05, 4.69) is 6.07 Å². The lowest BCUT2D eigenvalue weighted by Crippen LogP contribution is -2.39. The Hall–Kier alpha value is -3.37. The van der Waals surface area contributed by atoms with Crippen LogP contribution < -0.4 is 9.64 Å². The quantitative estimate of drug-likeness (QED) is 0.656. The van der Waals surface area contributed by atoms with Crippen LogP contribution in [0.3, 0.4) is 0 Å². The van der Waals surface area contributed by atoms with Crippen molar-refractivity contribution >= 4 is 17.5 Å². The van der Waals surface area contributed by atoms with Gasteiger partial charge < -0.3 is 19.4 Å². The second-order valence-corrected chi connectivity index (χ2v) is 7.79. The van der Waals surface area contributed by atoms with E-state index in [1.807, 2.05) is 55.4 Å². The Morgan fingerprint density at radius 1 is 1.06 bits per heavy atom. The van der Waals surface area contributed by atoms with Gasteiger partial charge in [-0.05, 0) is 43.9 Å². The molecule has 1 aliphatic heterocycles. The molecular weight excluding hydrogens is 392 g/mol. The number of rotatable bonds is 8. The number of anilines is 1. The fourth-order valence-electron chi connectivity index (χ4n) is 3.45. The summed E-state index contributed by atoms with van der Waals surface area (Å²) >= 11 is 0. The van der Waals surface area contributed by atoms with Crippen LogP contribution in [0.4, 0.5) is 5.69 Å². The first-order valence-electron chi connectivity index (χ1n) is 10.4. The van der Waals surface area contributed by atoms with Gasteiger partial charge in [-0.2, -0.15) is 5.26 Å². The molecule has 1 heterocycles. The molecule has 0 atom stereocenters. The van der Waals surface area contributed by atoms with Gasteiger partial charge in [0, 0.05) is 32.5 Å². The van der Waals surface area contributed by atoms with E-state index >= 15 is 0 Å². The third-order valence-corrected chi connectivity index (χ3v) is 5.21. The highest BCUT2D eigenvalue weighted by Crippen LogP contribution is 2.31. The Morgan fingerprint density at radius 2 is 1.81 bits per heavy atom. The van der Waals surface area contributed by atoms with Crippen LogP contribution in [0.25, 0.3) is 0 Å². The zero-order valence-corrected chi connectivity index (χ0v) is 18.1. The van der Waals surface area contributed by atoms with Crippen molar-refractivity contribution in [3.63, 3.8) is 0 Å². The first kappa shape index (κ1) is 22.3. The predicted octanol–water partition coefficient (Wildman–Crippen LogP) is 2.65. The highest BCUT2D eigenvalue weighted by Gasteiger charge is 2.24. The van der Waals surface area contributed by atoms with Crippen molar-refractivity contribution in [1.82, 2.24) is 9.80 Å². The Balaban J connectivity index is 1.63. The van der Waals surface area contributed by atoms with Crippen LogP contribution in [0.1, 0.15) is 24.0 Å². The SMILES string of the molecule is CN(C)CCN(Cc1ccc(C#N)cc1)C(=O)CCC(=O)N1CCOc2ccccc21. The van der Waals surface area contributed by atoms with Crippen LogP contribution in [-0.4, -0.2) is 62.0 Å². The number of hydrogen-bond donors (Lipinski definition) is 0. The number of nitrogens with zero attached hydrogens (tertiary/aromatic N) is 4. The third-order valence-electron chi connectivity index (χ3n) is 5.21. The lowest BCUT2D eigenvalue weighted by atomic mass is 10.1. The number of nitriles is 1. The molecule has 3 rings (SSSR count). The second-order valence-electron chi connectivity index (χ2n) is 7.79. The van der Waals surface area contributed by atoms with Crippen molar-refractivity contribution in [1.29, 1.82) is 5.26 Å². The number of hydrogen-bond acceptors (Lipinski definition) is 5. The van der Waals surface area contributed by atoms with Gasteiger partial charge in [0.25, 0.3) is 0 Å². The summed E-state index contributed by atoms with van der Waals surface area (Å²) in [6, 6.07) is 16.8. The molecule has 0 spiro atoms. The largest absolute Gasteiger partial charge is 0.490 e. The maximum Gasteiger partial charge on any atom is 0.227 e. The van der Waals surface area contributed by atoms with E-state index < -0.39 is 0 Å². The molecule has 0 bridgehead atoms. The van der Waals surface area contributed by atoms with Gasteiger partial charge in [0.15, 0.2) is 0 Å². The van der Waals surface area contributed by atoms with Crippen LogP contribution in [0.15, 0.2) is 48.5 Å². The van der Waals surface area contributed by atoms with Crippen LogP contribution in [-0.2, 0) is 16.1 Å². The number of ether oxygens (including phenoxy) is 1. The molecule has 2 aromatic rings. The highest BCUT2D eigenvalue weighted by molar-refractivity contribution is 5.97. The smallest absolute Gasteiger partial charge is 0.227 e. The van der Waals surface area contributed by atoms with Crippen LogP contribution in [0.2, 0.25) is 0 Å². The van der Waals surface area contributed by atoms with Gasteiger partial charge in [-0.15, -0.1) is 0 Å². The van der Waals surface area contributed by atoms with Crippen LogP contribution in [0.5, 0.6) is 5.75 Å². The molecule has 7 nitrogen and oxygen atoms in total. The van der Waals surface area contributed by atoms with E-state index in [4.69, 9.17) is 10.00 Å². The van der Waals surface area contributed by atoms with Gasteiger partial charge in [0.2, 0.25) is 11.8 Å². The summed E-state index contributed by atoms with van der Waals surface area (Å²) in [6.45, 7) is 2.68. The van der Waals surface area contributed by atoms with Crippen LogP contribution >= 0.6 is 0 Å². The summed E-state index contributed by atoms with van der Waals surface area (Å²) in [5.74, 6) is 0.568. The summed E-state index contributed by atoms with van der Waals surface area (Å²) in [5, 5.41) is 8.97. The normalized spacial score (nSPS) is 12.6. The molecule has 2 aromatic carbocycles. The fraction of sp³-hybridized carbons (Fsp3) is 0.375. The standard InChI is InChI=1S/C24H28N4O3/c1-26(2)13-14-27(18-20-9-7-19(17-25)8-10-20)23(29)11-12-24(30)28-15-16-31-22-6-4-3-5-21(22)28/h3-10H,11-16,18H2,1-2H3. The summed E-state index contributed by atoms with van der Waals surface area (Å²) in [6.07, 6.45) is 0.307. The van der Waals surface area contributed by atoms with Crippen molar-refractivity contribution in [2.75, 3.05) is 45.2 Å². The fourth-order valence-corrected chi connectivity index (χ4v) is 3.45. The van der Waals surface area contributed by atoms with Gasteiger partial charge in [-0.1, -0.05) is 24.3 Å². The Morgan fingerprint density at radius 3 is 2.52 bits per heavy atom. The van der Waals surface area contributed by atoms with Gasteiger partial charge in [-0.3, -0.25) is 9.59 Å². The highest BCUT2D eigenvalue weighted by atomic mass is 16.5. The third kappa shape index (κ3) is 6.06. The molecule has 31 heavy (non-hydrogen) atoms. The molecule has 7 heteroatoms. The summed E-state index contributed by atoms with van der Waals surface area (Å²) in [4.78, 5) is 31.3. The van der Waals surface area contributed by atoms with Gasteiger partial charge >= 0.3 is 0 Å². The molecule has 0 N–H and O–H groups in total. The molecule has 0 radical (unpaired) electrons. The number of benzene rings is 2. The van der Waals surface area contributed by atoms with E-state index in [0.717, 1.165) is 17.8 Å². The molecule has 1 aliphatic rings. The van der Waals surface area contributed by atoms with Crippen molar-refractivity contribution in [2.45, 2.75) is 19.4 Å². The van der Waals surface area contributed by atoms with Crippen LogP contribution in [0, 0.1) is 11.3 Å². The minimum absolute atomic E-state index is 0.0545. The number of para-hydroxylation sites is 2. The number of likely N-dealkylation sites (N-methyl/N-ethyl adjacent to an activating group) is 1. The maximum atomic E-state index is 13.0. The number of carbonyl (C=O) groups is 2. The lowest BCUT2D eigenvalue weighted by molar-refractivity contribution is -0.133. The minimum Gasteiger partial charge on any atom is -0.490 e. The van der Waals surface area contributed by atoms with E-state index in [9.17, 15) is 9.59 Å². The first-order valence-corrected chi connectivity index (χ1v) is 10.4. The molecule has 0 saturated carbocycles. The predicted molar refractivity (Wildman–Crippen MR) is 119 cm³/mol. The van der Waals surface area contributed by atoms with Crippen molar-refractivity contribution < 1.29 is 14.3 Å². The Labute approximate surface area is 183 Å². The Bertz CT molecular complexity index is 950. The minimum atomic E-state index is -0.0740. The van der Waals surface area contributed by atoms with Crippen molar-refractivity contribution in [3.8, 4) is 11.8 Å². The van der Waals surface area contributed by atoms with Crippen molar-refractivity contribution in [3.05, 3.63) is 59.7 Å². The molecular formula is C24H28N4O3. The number of carbonyl (C=O) groups excluding carboxylic acids is 2. The van der Waals surface area contributed by atoms with Gasteiger partial charge in [0.1, 0.15) is 12.4 Å². The van der Waals surface area contributed by atoms with E-state index in [0.29, 0.717) is 37.6 Å². The second kappa shape index (κ2) is 10.6. The zero-order chi connectivity index (χ0) is 22.2.